The van der Waals surface area contributed by atoms with Gasteiger partial charge in [0.25, 0.3) is 5.91 Å². The first-order valence-electron chi connectivity index (χ1n) is 9.45. The van der Waals surface area contributed by atoms with Crippen molar-refractivity contribution in [1.82, 2.24) is 0 Å². The molecule has 0 aliphatic rings. The number of aryl methyl sites for hydroxylation is 1. The second-order valence-corrected chi connectivity index (χ2v) is 7.66. The van der Waals surface area contributed by atoms with Crippen molar-refractivity contribution in [3.05, 3.63) is 90.0 Å². The Bertz CT molecular complexity index is 877. The summed E-state index contributed by atoms with van der Waals surface area (Å²) in [4.78, 5) is 13.8. The van der Waals surface area contributed by atoms with E-state index in [2.05, 4.69) is 17.4 Å². The first kappa shape index (κ1) is 20.0. The highest BCUT2D eigenvalue weighted by Crippen LogP contribution is 2.23. The Morgan fingerprint density at radius 1 is 0.964 bits per heavy atom. The van der Waals surface area contributed by atoms with Gasteiger partial charge in [0.15, 0.2) is 6.10 Å². The molecule has 0 spiro atoms. The van der Waals surface area contributed by atoms with Gasteiger partial charge in [-0.25, -0.2) is 0 Å². The predicted octanol–water partition coefficient (Wildman–Crippen LogP) is 6.08. The molecule has 3 aromatic carbocycles. The number of anilines is 1. The first-order valence-corrected chi connectivity index (χ1v) is 10.4. The highest BCUT2D eigenvalue weighted by atomic mass is 32.2. The summed E-state index contributed by atoms with van der Waals surface area (Å²) in [7, 11) is 0. The summed E-state index contributed by atoms with van der Waals surface area (Å²) in [6.07, 6.45) is 0.0851. The molecule has 0 bridgehead atoms. The van der Waals surface area contributed by atoms with E-state index in [1.807, 2.05) is 80.6 Å². The van der Waals surface area contributed by atoms with Crippen LogP contribution in [0.1, 0.15) is 24.5 Å². The van der Waals surface area contributed by atoms with Crippen LogP contribution >= 0.6 is 11.8 Å². The molecule has 0 saturated carbocycles. The number of carbonyl (C=O) groups is 1. The number of thioether (sulfide) groups is 1. The predicted molar refractivity (Wildman–Crippen MR) is 117 cm³/mol. The summed E-state index contributed by atoms with van der Waals surface area (Å²) in [5, 5.41) is 2.95. The standard InChI is InChI=1S/C24H25NO2S/c1-3-23(27-21-15-9-18(2)10-16-21)24(26)25-20-13-11-19(12-14-20)17-28-22-7-5-4-6-8-22/h4-16,23H,3,17H2,1-2H3,(H,25,26)/t23-/m0/s1. The van der Waals surface area contributed by atoms with Gasteiger partial charge in [0.1, 0.15) is 5.75 Å². The van der Waals surface area contributed by atoms with Crippen molar-refractivity contribution in [3.8, 4) is 5.75 Å². The van der Waals surface area contributed by atoms with Crippen LogP contribution in [0.3, 0.4) is 0 Å². The summed E-state index contributed by atoms with van der Waals surface area (Å²) in [5.41, 5.74) is 3.16. The van der Waals surface area contributed by atoms with Crippen LogP contribution in [0.2, 0.25) is 0 Å². The summed E-state index contributed by atoms with van der Waals surface area (Å²) in [6, 6.07) is 26.1. The van der Waals surface area contributed by atoms with Crippen molar-refractivity contribution in [2.24, 2.45) is 0 Å². The number of rotatable bonds is 8. The maximum atomic E-state index is 12.6. The van der Waals surface area contributed by atoms with Crippen LogP contribution in [0.15, 0.2) is 83.8 Å². The second kappa shape index (κ2) is 10.00. The van der Waals surface area contributed by atoms with Crippen molar-refractivity contribution >= 4 is 23.4 Å². The van der Waals surface area contributed by atoms with Gasteiger partial charge in [-0.15, -0.1) is 11.8 Å². The zero-order valence-electron chi connectivity index (χ0n) is 16.2. The van der Waals surface area contributed by atoms with Crippen LogP contribution in [-0.4, -0.2) is 12.0 Å². The van der Waals surface area contributed by atoms with Crippen LogP contribution in [0.5, 0.6) is 5.75 Å². The number of hydrogen-bond acceptors (Lipinski definition) is 3. The lowest BCUT2D eigenvalue weighted by atomic mass is 10.2. The van der Waals surface area contributed by atoms with E-state index in [1.54, 1.807) is 11.8 Å². The molecule has 0 unspecified atom stereocenters. The molecular weight excluding hydrogens is 366 g/mol. The highest BCUT2D eigenvalue weighted by molar-refractivity contribution is 7.98. The molecule has 0 aromatic heterocycles. The van der Waals surface area contributed by atoms with E-state index in [9.17, 15) is 4.79 Å². The van der Waals surface area contributed by atoms with Crippen LogP contribution in [-0.2, 0) is 10.5 Å². The van der Waals surface area contributed by atoms with E-state index in [0.29, 0.717) is 12.2 Å². The molecule has 3 aromatic rings. The molecule has 144 valence electrons. The van der Waals surface area contributed by atoms with Gasteiger partial charge in [-0.3, -0.25) is 4.79 Å². The average molecular weight is 392 g/mol. The van der Waals surface area contributed by atoms with E-state index >= 15 is 0 Å². The molecule has 4 heteroatoms. The van der Waals surface area contributed by atoms with Gasteiger partial charge < -0.3 is 10.1 Å². The van der Waals surface area contributed by atoms with Gasteiger partial charge in [0, 0.05) is 16.3 Å². The van der Waals surface area contributed by atoms with E-state index in [0.717, 1.165) is 17.0 Å². The summed E-state index contributed by atoms with van der Waals surface area (Å²) < 4.78 is 5.85. The first-order chi connectivity index (χ1) is 13.6. The zero-order valence-corrected chi connectivity index (χ0v) is 17.0. The Morgan fingerprint density at radius 3 is 2.29 bits per heavy atom. The van der Waals surface area contributed by atoms with Crippen LogP contribution in [0, 0.1) is 6.92 Å². The molecule has 0 radical (unpaired) electrons. The fourth-order valence-corrected chi connectivity index (χ4v) is 3.57. The minimum Gasteiger partial charge on any atom is -0.481 e. The number of amides is 1. The minimum absolute atomic E-state index is 0.130. The maximum Gasteiger partial charge on any atom is 0.265 e. The third kappa shape index (κ3) is 5.89. The van der Waals surface area contributed by atoms with E-state index in [4.69, 9.17) is 4.74 Å². The summed E-state index contributed by atoms with van der Waals surface area (Å²) in [5.74, 6) is 1.47. The third-order valence-electron chi connectivity index (χ3n) is 4.33. The summed E-state index contributed by atoms with van der Waals surface area (Å²) >= 11 is 1.80. The molecule has 3 nitrogen and oxygen atoms in total. The van der Waals surface area contributed by atoms with E-state index in [-0.39, 0.29) is 5.91 Å². The molecule has 1 N–H and O–H groups in total. The fraction of sp³-hybridized carbons (Fsp3) is 0.208. The molecule has 3 rings (SSSR count). The molecule has 0 saturated heterocycles. The summed E-state index contributed by atoms with van der Waals surface area (Å²) in [6.45, 7) is 3.97. The SMILES string of the molecule is CC[C@H](Oc1ccc(C)cc1)C(=O)Nc1ccc(CSc2ccccc2)cc1. The van der Waals surface area contributed by atoms with Gasteiger partial charge in [0.2, 0.25) is 0 Å². The van der Waals surface area contributed by atoms with Crippen LogP contribution in [0.25, 0.3) is 0 Å². The topological polar surface area (TPSA) is 38.3 Å². The van der Waals surface area contributed by atoms with Gasteiger partial charge in [-0.1, -0.05) is 55.0 Å². The molecule has 0 aliphatic carbocycles. The lowest BCUT2D eigenvalue weighted by Crippen LogP contribution is -2.32. The number of nitrogens with one attached hydrogen (secondary N) is 1. The molecule has 0 aliphatic heterocycles. The smallest absolute Gasteiger partial charge is 0.265 e. The lowest BCUT2D eigenvalue weighted by Gasteiger charge is -2.17. The lowest BCUT2D eigenvalue weighted by molar-refractivity contribution is -0.122. The van der Waals surface area contributed by atoms with Crippen molar-refractivity contribution < 1.29 is 9.53 Å². The Hall–Kier alpha value is -2.72. The Balaban J connectivity index is 1.54. The van der Waals surface area contributed by atoms with Crippen molar-refractivity contribution in [2.45, 2.75) is 37.0 Å². The number of ether oxygens (including phenoxy) is 1. The second-order valence-electron chi connectivity index (χ2n) is 6.62. The van der Waals surface area contributed by atoms with Crippen molar-refractivity contribution in [1.29, 1.82) is 0 Å². The quantitative estimate of drug-likeness (QED) is 0.473. The number of carbonyl (C=O) groups excluding carboxylic acids is 1. The van der Waals surface area contributed by atoms with Crippen LogP contribution in [0.4, 0.5) is 5.69 Å². The fourth-order valence-electron chi connectivity index (χ4n) is 2.69. The Morgan fingerprint density at radius 2 is 1.64 bits per heavy atom. The zero-order chi connectivity index (χ0) is 19.8. The maximum absolute atomic E-state index is 12.6. The minimum atomic E-state index is -0.518. The van der Waals surface area contributed by atoms with E-state index < -0.39 is 6.10 Å². The molecule has 0 heterocycles. The average Bonchev–Trinajstić information content (AvgIpc) is 2.73. The highest BCUT2D eigenvalue weighted by Gasteiger charge is 2.18. The van der Waals surface area contributed by atoms with Crippen LogP contribution < -0.4 is 10.1 Å². The van der Waals surface area contributed by atoms with Gasteiger partial charge in [-0.05, 0) is 55.3 Å². The third-order valence-corrected chi connectivity index (χ3v) is 5.42. The monoisotopic (exact) mass is 391 g/mol. The molecule has 1 amide bonds. The normalized spacial score (nSPS) is 11.6. The molecular formula is C24H25NO2S. The Kier molecular flexibility index (Phi) is 7.15. The molecule has 0 fully saturated rings. The number of hydrogen-bond donors (Lipinski definition) is 1. The van der Waals surface area contributed by atoms with Crippen molar-refractivity contribution in [3.63, 3.8) is 0 Å². The number of benzene rings is 3. The Labute approximate surface area is 171 Å². The van der Waals surface area contributed by atoms with Gasteiger partial charge in [-0.2, -0.15) is 0 Å². The van der Waals surface area contributed by atoms with Gasteiger partial charge >= 0.3 is 0 Å². The molecule has 1 atom stereocenters. The van der Waals surface area contributed by atoms with E-state index in [1.165, 1.54) is 10.5 Å². The van der Waals surface area contributed by atoms with Gasteiger partial charge in [0.05, 0.1) is 0 Å². The van der Waals surface area contributed by atoms with Crippen molar-refractivity contribution in [2.75, 3.05) is 5.32 Å². The molecule has 28 heavy (non-hydrogen) atoms. The largest absolute Gasteiger partial charge is 0.481 e.